The zero-order chi connectivity index (χ0) is 20.6. The Morgan fingerprint density at radius 3 is 2.57 bits per heavy atom. The third kappa shape index (κ3) is 5.83. The van der Waals surface area contributed by atoms with E-state index in [0.29, 0.717) is 5.92 Å². The van der Waals surface area contributed by atoms with Gasteiger partial charge in [-0.3, -0.25) is 9.89 Å². The first-order valence-corrected chi connectivity index (χ1v) is 11.2. The molecule has 2 saturated heterocycles. The molecule has 0 aromatic heterocycles. The minimum Gasteiger partial charge on any atom is -0.379 e. The van der Waals surface area contributed by atoms with Crippen LogP contribution in [0.25, 0.3) is 0 Å². The third-order valence-electron chi connectivity index (χ3n) is 6.12. The molecule has 1 N–H and O–H groups in total. The number of morpholine rings is 1. The number of rotatable bonds is 6. The molecule has 4 rings (SSSR count). The van der Waals surface area contributed by atoms with Gasteiger partial charge in [0, 0.05) is 46.3 Å². The highest BCUT2D eigenvalue weighted by molar-refractivity contribution is 5.80. The minimum absolute atomic E-state index is 0.697. The van der Waals surface area contributed by atoms with Gasteiger partial charge in [-0.1, -0.05) is 54.6 Å². The Hall–Kier alpha value is -2.37. The predicted molar refractivity (Wildman–Crippen MR) is 123 cm³/mol. The van der Waals surface area contributed by atoms with Crippen molar-refractivity contribution in [1.29, 1.82) is 0 Å². The average Bonchev–Trinajstić information content (AvgIpc) is 3.24. The third-order valence-corrected chi connectivity index (χ3v) is 6.12. The monoisotopic (exact) mass is 406 g/mol. The lowest BCUT2D eigenvalue weighted by molar-refractivity contribution is 0.0342. The van der Waals surface area contributed by atoms with Gasteiger partial charge in [-0.2, -0.15) is 0 Å². The summed E-state index contributed by atoms with van der Waals surface area (Å²) < 4.78 is 5.46. The van der Waals surface area contributed by atoms with E-state index < -0.39 is 0 Å². The van der Waals surface area contributed by atoms with Gasteiger partial charge in [0.2, 0.25) is 0 Å². The summed E-state index contributed by atoms with van der Waals surface area (Å²) >= 11 is 0. The van der Waals surface area contributed by atoms with Crippen LogP contribution in [0.2, 0.25) is 0 Å². The Morgan fingerprint density at radius 2 is 1.77 bits per heavy atom. The second kappa shape index (κ2) is 10.6. The second-order valence-electron chi connectivity index (χ2n) is 8.40. The highest BCUT2D eigenvalue weighted by atomic mass is 16.5. The number of benzene rings is 2. The van der Waals surface area contributed by atoms with Gasteiger partial charge < -0.3 is 15.0 Å². The van der Waals surface area contributed by atoms with Crippen LogP contribution >= 0.6 is 0 Å². The summed E-state index contributed by atoms with van der Waals surface area (Å²) in [6, 6.07) is 19.7. The molecule has 0 aliphatic carbocycles. The molecule has 0 radical (unpaired) electrons. The molecule has 2 aromatic carbocycles. The van der Waals surface area contributed by atoms with Gasteiger partial charge in [0.1, 0.15) is 0 Å². The van der Waals surface area contributed by atoms with Gasteiger partial charge in [-0.15, -0.1) is 0 Å². The van der Waals surface area contributed by atoms with Crippen molar-refractivity contribution in [2.24, 2.45) is 10.9 Å². The summed E-state index contributed by atoms with van der Waals surface area (Å²) in [4.78, 5) is 9.42. The summed E-state index contributed by atoms with van der Waals surface area (Å²) in [6.07, 6.45) is 2.38. The Bertz CT molecular complexity index is 817. The van der Waals surface area contributed by atoms with E-state index in [0.717, 1.165) is 64.9 Å². The molecule has 2 aliphatic rings. The van der Waals surface area contributed by atoms with Crippen molar-refractivity contribution in [2.45, 2.75) is 25.9 Å². The van der Waals surface area contributed by atoms with Crippen LogP contribution in [-0.2, 0) is 24.2 Å². The molecule has 5 nitrogen and oxygen atoms in total. The lowest BCUT2D eigenvalue weighted by atomic mass is 9.99. The lowest BCUT2D eigenvalue weighted by Gasteiger charge is -2.26. The number of aliphatic imine (C=N–C) groups is 1. The van der Waals surface area contributed by atoms with Gasteiger partial charge >= 0.3 is 0 Å². The predicted octanol–water partition coefficient (Wildman–Crippen LogP) is 3.16. The van der Waals surface area contributed by atoms with E-state index in [1.807, 2.05) is 7.05 Å². The highest BCUT2D eigenvalue weighted by Gasteiger charge is 2.24. The van der Waals surface area contributed by atoms with Crippen molar-refractivity contribution in [3.05, 3.63) is 71.3 Å². The van der Waals surface area contributed by atoms with Gasteiger partial charge in [0.05, 0.1) is 13.2 Å². The number of nitrogens with one attached hydrogen (secondary N) is 1. The topological polar surface area (TPSA) is 40.1 Å². The number of ether oxygens (including phenoxy) is 1. The van der Waals surface area contributed by atoms with Crippen LogP contribution in [0.4, 0.5) is 0 Å². The van der Waals surface area contributed by atoms with Crippen molar-refractivity contribution in [1.82, 2.24) is 15.1 Å². The molecule has 1 atom stereocenters. The second-order valence-corrected chi connectivity index (χ2v) is 8.40. The van der Waals surface area contributed by atoms with Crippen LogP contribution in [0, 0.1) is 5.92 Å². The number of nitrogens with zero attached hydrogens (tertiary/aromatic N) is 3. The molecule has 2 heterocycles. The highest BCUT2D eigenvalue weighted by Crippen LogP contribution is 2.21. The SMILES string of the molecule is CN=C(NCc1cccc(CN2CCOCC2)c1)N1CCC(Cc2ccccc2)C1. The van der Waals surface area contributed by atoms with Crippen molar-refractivity contribution in [3.63, 3.8) is 0 Å². The molecule has 2 aliphatic heterocycles. The van der Waals surface area contributed by atoms with Crippen LogP contribution in [-0.4, -0.2) is 62.2 Å². The first-order chi connectivity index (χ1) is 14.8. The number of likely N-dealkylation sites (tertiary alicyclic amines) is 1. The lowest BCUT2D eigenvalue weighted by Crippen LogP contribution is -2.39. The zero-order valence-electron chi connectivity index (χ0n) is 18.1. The maximum atomic E-state index is 5.46. The van der Waals surface area contributed by atoms with Crippen LogP contribution < -0.4 is 5.32 Å². The van der Waals surface area contributed by atoms with Gasteiger partial charge in [-0.05, 0) is 35.4 Å². The summed E-state index contributed by atoms with van der Waals surface area (Å²) in [5.41, 5.74) is 4.11. The first-order valence-electron chi connectivity index (χ1n) is 11.2. The molecule has 160 valence electrons. The summed E-state index contributed by atoms with van der Waals surface area (Å²) in [7, 11) is 1.89. The Morgan fingerprint density at radius 1 is 1.00 bits per heavy atom. The Balaban J connectivity index is 1.28. The van der Waals surface area contributed by atoms with E-state index in [9.17, 15) is 0 Å². The first kappa shape index (κ1) is 20.9. The van der Waals surface area contributed by atoms with Crippen LogP contribution in [0.3, 0.4) is 0 Å². The smallest absolute Gasteiger partial charge is 0.193 e. The minimum atomic E-state index is 0.697. The van der Waals surface area contributed by atoms with E-state index in [-0.39, 0.29) is 0 Å². The van der Waals surface area contributed by atoms with Crippen molar-refractivity contribution >= 4 is 5.96 Å². The van der Waals surface area contributed by atoms with Gasteiger partial charge in [0.25, 0.3) is 0 Å². The Kier molecular flexibility index (Phi) is 7.38. The van der Waals surface area contributed by atoms with Gasteiger partial charge in [-0.25, -0.2) is 0 Å². The van der Waals surface area contributed by atoms with E-state index in [1.54, 1.807) is 0 Å². The molecule has 2 aromatic rings. The number of hydrogen-bond donors (Lipinski definition) is 1. The van der Waals surface area contributed by atoms with Crippen LogP contribution in [0.5, 0.6) is 0 Å². The normalized spacial score (nSPS) is 20.5. The molecular weight excluding hydrogens is 372 g/mol. The van der Waals surface area contributed by atoms with E-state index >= 15 is 0 Å². The standard InChI is InChI=1S/C25H34N4O/c1-26-25(29-11-10-24(20-29)16-21-6-3-2-4-7-21)27-18-22-8-5-9-23(17-22)19-28-12-14-30-15-13-28/h2-9,17,24H,10-16,18-20H2,1H3,(H,26,27). The molecule has 1 unspecified atom stereocenters. The van der Waals surface area contributed by atoms with Crippen molar-refractivity contribution < 1.29 is 4.74 Å². The number of hydrogen-bond acceptors (Lipinski definition) is 3. The fourth-order valence-electron chi connectivity index (χ4n) is 4.51. The molecule has 0 saturated carbocycles. The van der Waals surface area contributed by atoms with E-state index in [4.69, 9.17) is 4.74 Å². The largest absolute Gasteiger partial charge is 0.379 e. The maximum Gasteiger partial charge on any atom is 0.193 e. The molecule has 0 spiro atoms. The fourth-order valence-corrected chi connectivity index (χ4v) is 4.51. The zero-order valence-corrected chi connectivity index (χ0v) is 18.1. The summed E-state index contributed by atoms with van der Waals surface area (Å²) in [5.74, 6) is 1.71. The summed E-state index contributed by atoms with van der Waals surface area (Å²) in [5, 5.41) is 3.59. The summed E-state index contributed by atoms with van der Waals surface area (Å²) in [6.45, 7) is 7.70. The molecule has 0 amide bonds. The van der Waals surface area contributed by atoms with Crippen molar-refractivity contribution in [3.8, 4) is 0 Å². The van der Waals surface area contributed by atoms with Crippen molar-refractivity contribution in [2.75, 3.05) is 46.4 Å². The number of guanidine groups is 1. The average molecular weight is 407 g/mol. The molecule has 30 heavy (non-hydrogen) atoms. The van der Waals surface area contributed by atoms with E-state index in [1.165, 1.54) is 23.1 Å². The maximum absolute atomic E-state index is 5.46. The van der Waals surface area contributed by atoms with Gasteiger partial charge in [0.15, 0.2) is 5.96 Å². The molecule has 0 bridgehead atoms. The molecule has 5 heteroatoms. The molecule has 2 fully saturated rings. The molecular formula is C25H34N4O. The Labute approximate surface area is 180 Å². The van der Waals surface area contributed by atoms with Crippen LogP contribution in [0.15, 0.2) is 59.6 Å². The van der Waals surface area contributed by atoms with Crippen LogP contribution in [0.1, 0.15) is 23.1 Å². The fraction of sp³-hybridized carbons (Fsp3) is 0.480. The van der Waals surface area contributed by atoms with E-state index in [2.05, 4.69) is 74.7 Å². The quantitative estimate of drug-likeness (QED) is 0.591.